The minimum atomic E-state index is -3.88. The quantitative estimate of drug-likeness (QED) is 0.155. The molecule has 1 aliphatic rings. The van der Waals surface area contributed by atoms with Gasteiger partial charge in [0.15, 0.2) is 11.5 Å². The number of carbonyl (C=O) groups is 1. The maximum absolute atomic E-state index is 14.2. The van der Waals surface area contributed by atoms with Crippen LogP contribution in [-0.2, 0) is 14.8 Å². The molecule has 256 valence electrons. The number of aryl methyl sites for hydroxylation is 3. The molecule has 2 aromatic carbocycles. The van der Waals surface area contributed by atoms with Crippen molar-refractivity contribution in [1.82, 2.24) is 14.6 Å². The standard InChI is InChI=1S/C37H46ClN5O4S/c1-20-12-13-23(4)28(18-20)48(45,46)42-27-19-24(15-14-22(27)3)33-40-34-29(30(39-11)32(38)43(34)41-33)35(44)47-31-25(36(5,6)7)16-21(2)17-26(31)37(8,9)10/h12-15,18-19,21,25-26,31,42H,16-17H2,1-10H3,(H,40,41). The average molecular weight is 692 g/mol. The Balaban J connectivity index is 1.54. The summed E-state index contributed by atoms with van der Waals surface area (Å²) in [4.78, 5) is 22.7. The second-order valence-corrected chi connectivity index (χ2v) is 17.7. The highest BCUT2D eigenvalue weighted by Gasteiger charge is 2.48. The molecule has 2 unspecified atom stereocenters. The lowest BCUT2D eigenvalue weighted by Gasteiger charge is -2.50. The lowest BCUT2D eigenvalue weighted by molar-refractivity contribution is -0.0922. The van der Waals surface area contributed by atoms with Gasteiger partial charge in [0.2, 0.25) is 5.69 Å². The van der Waals surface area contributed by atoms with E-state index < -0.39 is 16.0 Å². The van der Waals surface area contributed by atoms with Gasteiger partial charge < -0.3 is 4.74 Å². The van der Waals surface area contributed by atoms with Crippen molar-refractivity contribution in [2.45, 2.75) is 93.1 Å². The molecule has 5 rings (SSSR count). The minimum Gasteiger partial charge on any atom is -0.459 e. The molecule has 4 aromatic rings. The van der Waals surface area contributed by atoms with E-state index in [2.05, 4.69) is 63.1 Å². The number of hydrogen-bond acceptors (Lipinski definition) is 5. The van der Waals surface area contributed by atoms with Gasteiger partial charge in [-0.15, -0.1) is 0 Å². The summed E-state index contributed by atoms with van der Waals surface area (Å²) in [5.41, 5.74) is 3.08. The van der Waals surface area contributed by atoms with Gasteiger partial charge in [0.1, 0.15) is 16.8 Å². The van der Waals surface area contributed by atoms with Crippen LogP contribution < -0.4 is 4.72 Å². The van der Waals surface area contributed by atoms with Crippen molar-refractivity contribution >= 4 is 44.6 Å². The van der Waals surface area contributed by atoms with Crippen LogP contribution in [-0.4, -0.2) is 35.1 Å². The van der Waals surface area contributed by atoms with Crippen LogP contribution in [0.4, 0.5) is 11.4 Å². The topological polar surface area (TPSA) is 110 Å². The highest BCUT2D eigenvalue weighted by atomic mass is 35.5. The Morgan fingerprint density at radius 2 is 1.62 bits per heavy atom. The fourth-order valence-electron chi connectivity index (χ4n) is 7.01. The number of anilines is 1. The van der Waals surface area contributed by atoms with Crippen molar-refractivity contribution in [3.63, 3.8) is 0 Å². The molecule has 11 heteroatoms. The smallest absolute Gasteiger partial charge is 0.331 e. The number of halogens is 1. The molecule has 2 N–H and O–H groups in total. The number of rotatable bonds is 6. The van der Waals surface area contributed by atoms with Crippen molar-refractivity contribution < 1.29 is 17.9 Å². The third-order valence-corrected chi connectivity index (χ3v) is 11.6. The van der Waals surface area contributed by atoms with Gasteiger partial charge >= 0.3 is 5.97 Å². The highest BCUT2D eigenvalue weighted by Crippen LogP contribution is 2.50. The summed E-state index contributed by atoms with van der Waals surface area (Å²) >= 11 is 6.69. The molecule has 48 heavy (non-hydrogen) atoms. The Labute approximate surface area is 289 Å². The van der Waals surface area contributed by atoms with Gasteiger partial charge in [-0.3, -0.25) is 9.82 Å². The SMILES string of the molecule is [C-]#[N+]c1c(C(=O)OC2C(C(C)(C)C)CC(C)CC2C(C)(C)C)c2nc(-c3ccc(C)c(NS(=O)(=O)c4cc(C)ccc4C)c3)[nH]n2c1Cl. The molecule has 0 saturated heterocycles. The van der Waals surface area contributed by atoms with E-state index in [0.717, 1.165) is 18.4 Å². The molecule has 0 radical (unpaired) electrons. The summed E-state index contributed by atoms with van der Waals surface area (Å²) < 4.78 is 37.4. The van der Waals surface area contributed by atoms with Crippen molar-refractivity contribution in [2.75, 3.05) is 4.72 Å². The van der Waals surface area contributed by atoms with Crippen molar-refractivity contribution in [1.29, 1.82) is 0 Å². The van der Waals surface area contributed by atoms with Gasteiger partial charge in [0.25, 0.3) is 10.0 Å². The summed E-state index contributed by atoms with van der Waals surface area (Å²) in [6, 6.07) is 10.6. The average Bonchev–Trinajstić information content (AvgIpc) is 3.52. The zero-order valence-corrected chi connectivity index (χ0v) is 31.0. The Morgan fingerprint density at radius 1 is 1.02 bits per heavy atom. The molecule has 0 bridgehead atoms. The monoisotopic (exact) mass is 691 g/mol. The first-order valence-corrected chi connectivity index (χ1v) is 18.2. The number of benzene rings is 2. The summed E-state index contributed by atoms with van der Waals surface area (Å²) in [7, 11) is -3.88. The Kier molecular flexibility index (Phi) is 9.30. The molecule has 2 aromatic heterocycles. The normalized spacial score (nSPS) is 20.5. The molecule has 1 saturated carbocycles. The molecule has 2 atom stereocenters. The van der Waals surface area contributed by atoms with Crippen LogP contribution in [0.3, 0.4) is 0 Å². The van der Waals surface area contributed by atoms with E-state index in [4.69, 9.17) is 27.9 Å². The van der Waals surface area contributed by atoms with Gasteiger partial charge in [0.05, 0.1) is 17.2 Å². The molecule has 0 amide bonds. The Hall–Kier alpha value is -3.81. The van der Waals surface area contributed by atoms with Crippen LogP contribution in [0.5, 0.6) is 0 Å². The Bertz CT molecular complexity index is 2020. The Morgan fingerprint density at radius 3 is 2.21 bits per heavy atom. The molecule has 0 spiro atoms. The largest absolute Gasteiger partial charge is 0.459 e. The van der Waals surface area contributed by atoms with E-state index in [-0.39, 0.29) is 55.7 Å². The fraction of sp³-hybridized carbons (Fsp3) is 0.486. The van der Waals surface area contributed by atoms with Gasteiger partial charge in [0, 0.05) is 17.4 Å². The van der Waals surface area contributed by atoms with Gasteiger partial charge in [-0.25, -0.2) is 27.6 Å². The van der Waals surface area contributed by atoms with Crippen LogP contribution in [0, 0.1) is 55.9 Å². The first-order valence-electron chi connectivity index (χ1n) is 16.3. The zero-order valence-electron chi connectivity index (χ0n) is 29.4. The predicted molar refractivity (Wildman–Crippen MR) is 191 cm³/mol. The number of fused-ring (bicyclic) bond motifs is 1. The van der Waals surface area contributed by atoms with Crippen LogP contribution in [0.25, 0.3) is 21.9 Å². The molecule has 2 heterocycles. The highest BCUT2D eigenvalue weighted by molar-refractivity contribution is 7.92. The molecule has 0 aliphatic heterocycles. The molecular formula is C37H46ClN5O4S. The maximum Gasteiger partial charge on any atom is 0.331 e. The van der Waals surface area contributed by atoms with E-state index in [0.29, 0.717) is 34.1 Å². The first-order chi connectivity index (χ1) is 22.2. The van der Waals surface area contributed by atoms with Crippen LogP contribution in [0.1, 0.15) is 88.4 Å². The summed E-state index contributed by atoms with van der Waals surface area (Å²) in [5.74, 6) is 0.440. The number of H-pyrrole nitrogens is 1. The van der Waals surface area contributed by atoms with E-state index in [1.54, 1.807) is 37.3 Å². The number of aromatic nitrogens is 3. The predicted octanol–water partition coefficient (Wildman–Crippen LogP) is 9.54. The fourth-order valence-corrected chi connectivity index (χ4v) is 8.72. The maximum atomic E-state index is 14.2. The number of ether oxygens (including phenoxy) is 1. The van der Waals surface area contributed by atoms with Crippen molar-refractivity contribution in [3.05, 3.63) is 75.2 Å². The molecule has 9 nitrogen and oxygen atoms in total. The summed E-state index contributed by atoms with van der Waals surface area (Å²) in [6.07, 6.45) is 1.51. The molecule has 1 aliphatic carbocycles. The number of esters is 1. The van der Waals surface area contributed by atoms with Gasteiger partial charge in [-0.1, -0.05) is 84.3 Å². The number of carbonyl (C=O) groups excluding carboxylic acids is 1. The first kappa shape index (κ1) is 35.5. The number of nitrogens with one attached hydrogen (secondary N) is 2. The lowest BCUT2D eigenvalue weighted by Crippen LogP contribution is -2.49. The number of aromatic amines is 1. The van der Waals surface area contributed by atoms with Gasteiger partial charge in [-0.05, 0) is 79.2 Å². The van der Waals surface area contributed by atoms with Crippen LogP contribution in [0.15, 0.2) is 41.3 Å². The van der Waals surface area contributed by atoms with E-state index in [9.17, 15) is 13.2 Å². The third kappa shape index (κ3) is 6.72. The van der Waals surface area contributed by atoms with Crippen molar-refractivity contribution in [2.24, 2.45) is 28.6 Å². The molecule has 1 fully saturated rings. The summed E-state index contributed by atoms with van der Waals surface area (Å²) in [5, 5.41) is 3.13. The zero-order chi connectivity index (χ0) is 35.5. The lowest BCUT2D eigenvalue weighted by atomic mass is 9.59. The van der Waals surface area contributed by atoms with Crippen LogP contribution >= 0.6 is 11.6 Å². The second kappa shape index (κ2) is 12.6. The second-order valence-electron chi connectivity index (χ2n) is 15.7. The molecular weight excluding hydrogens is 646 g/mol. The number of hydrogen-bond donors (Lipinski definition) is 2. The minimum absolute atomic E-state index is 0.0133. The van der Waals surface area contributed by atoms with Gasteiger partial charge in [-0.2, -0.15) is 0 Å². The third-order valence-electron chi connectivity index (χ3n) is 9.78. The number of sulfonamides is 1. The van der Waals surface area contributed by atoms with Crippen LogP contribution in [0.2, 0.25) is 5.15 Å². The van der Waals surface area contributed by atoms with E-state index in [1.165, 1.54) is 4.52 Å². The van der Waals surface area contributed by atoms with E-state index >= 15 is 0 Å². The van der Waals surface area contributed by atoms with E-state index in [1.807, 2.05) is 19.9 Å². The number of nitrogens with zero attached hydrogens (tertiary/aromatic N) is 3. The summed E-state index contributed by atoms with van der Waals surface area (Å²) in [6.45, 7) is 28.7. The van der Waals surface area contributed by atoms with Crippen molar-refractivity contribution in [3.8, 4) is 11.4 Å².